The fourth-order valence-electron chi connectivity index (χ4n) is 3.01. The average molecular weight is 450 g/mol. The number of carbonyl (C=O) groups excluding carboxylic acids is 3. The van der Waals surface area contributed by atoms with Crippen LogP contribution in [0.3, 0.4) is 0 Å². The summed E-state index contributed by atoms with van der Waals surface area (Å²) in [6, 6.07) is 4.37. The lowest BCUT2D eigenvalue weighted by Gasteiger charge is -2.33. The second-order valence-electron chi connectivity index (χ2n) is 8.19. The highest BCUT2D eigenvalue weighted by Crippen LogP contribution is 2.29. The van der Waals surface area contributed by atoms with Crippen LogP contribution < -0.4 is 21.7 Å². The Morgan fingerprint density at radius 3 is 2.32 bits per heavy atom. The number of unbranched alkanes of at least 4 members (excludes halogenated alkanes) is 1. The molecule has 31 heavy (non-hydrogen) atoms. The first-order valence-electron chi connectivity index (χ1n) is 9.92. The second-order valence-corrected chi connectivity index (χ2v) is 8.96. The van der Waals surface area contributed by atoms with E-state index in [1.807, 2.05) is 27.7 Å². The zero-order valence-corrected chi connectivity index (χ0v) is 18.9. The highest BCUT2D eigenvalue weighted by atomic mass is 32.1. The molecule has 1 atom stereocenters. The van der Waals surface area contributed by atoms with Crippen molar-refractivity contribution in [1.82, 2.24) is 9.69 Å². The van der Waals surface area contributed by atoms with Crippen LogP contribution in [-0.4, -0.2) is 33.7 Å². The van der Waals surface area contributed by atoms with Gasteiger partial charge in [-0.2, -0.15) is 4.37 Å². The summed E-state index contributed by atoms with van der Waals surface area (Å²) >= 11 is 0.732. The molecule has 2 rings (SSSR count). The Balaban J connectivity index is 2.58. The van der Waals surface area contributed by atoms with E-state index in [0.717, 1.165) is 18.0 Å². The van der Waals surface area contributed by atoms with Crippen molar-refractivity contribution in [1.29, 1.82) is 0 Å². The van der Waals surface area contributed by atoms with Crippen LogP contribution in [0.5, 0.6) is 0 Å². The lowest BCUT2D eigenvalue weighted by Crippen LogP contribution is -2.54. The number of nitrogens with two attached hydrogens (primary N) is 2. The maximum Gasteiger partial charge on any atom is 0.272 e. The minimum Gasteiger partial charge on any atom is -0.395 e. The zero-order valence-electron chi connectivity index (χ0n) is 18.1. The minimum absolute atomic E-state index is 0.0109. The number of hydrogen-bond donors (Lipinski definition) is 3. The molecule has 1 aromatic heterocycles. The molecule has 3 amide bonds. The van der Waals surface area contributed by atoms with Crippen LogP contribution in [0.2, 0.25) is 0 Å². The summed E-state index contributed by atoms with van der Waals surface area (Å²) < 4.78 is 17.4. The smallest absolute Gasteiger partial charge is 0.272 e. The van der Waals surface area contributed by atoms with Gasteiger partial charge in [0.15, 0.2) is 5.69 Å². The summed E-state index contributed by atoms with van der Waals surface area (Å²) in [6.45, 7) is 7.49. The van der Waals surface area contributed by atoms with Crippen LogP contribution in [0.25, 0.3) is 0 Å². The van der Waals surface area contributed by atoms with E-state index in [0.29, 0.717) is 18.5 Å². The molecule has 0 aliphatic heterocycles. The Kier molecular flexibility index (Phi) is 7.72. The van der Waals surface area contributed by atoms with E-state index < -0.39 is 29.2 Å². The van der Waals surface area contributed by atoms with Crippen molar-refractivity contribution in [3.63, 3.8) is 0 Å². The van der Waals surface area contributed by atoms with Gasteiger partial charge in [0.1, 0.15) is 16.7 Å². The molecule has 0 aliphatic rings. The molecule has 0 fully saturated rings. The maximum absolute atomic E-state index is 13.6. The molecule has 0 bridgehead atoms. The zero-order chi connectivity index (χ0) is 23.3. The molecular formula is C21H28FN5O3S. The Bertz CT molecular complexity index is 953. The number of aromatic nitrogens is 1. The molecule has 1 unspecified atom stereocenters. The monoisotopic (exact) mass is 449 g/mol. The highest BCUT2D eigenvalue weighted by molar-refractivity contribution is 7.09. The van der Waals surface area contributed by atoms with Crippen LogP contribution in [0.1, 0.15) is 67.1 Å². The number of halogens is 1. The first kappa shape index (κ1) is 24.3. The molecule has 0 saturated carbocycles. The topological polar surface area (TPSA) is 131 Å². The number of primary amides is 1. The quantitative estimate of drug-likeness (QED) is 0.570. The summed E-state index contributed by atoms with van der Waals surface area (Å²) in [5.41, 5.74) is 10.7. The normalized spacial score (nSPS) is 12.3. The molecule has 0 saturated heterocycles. The van der Waals surface area contributed by atoms with Crippen LogP contribution in [0, 0.1) is 5.82 Å². The van der Waals surface area contributed by atoms with Crippen LogP contribution in [0.15, 0.2) is 24.3 Å². The lowest BCUT2D eigenvalue weighted by atomic mass is 10.0. The predicted octanol–water partition coefficient (Wildman–Crippen LogP) is 3.08. The molecule has 8 nitrogen and oxygen atoms in total. The Morgan fingerprint density at radius 2 is 1.84 bits per heavy atom. The number of hydrogen-bond acceptors (Lipinski definition) is 6. The number of nitrogen functional groups attached to an aromatic ring is 1. The number of benzene rings is 1. The van der Waals surface area contributed by atoms with E-state index >= 15 is 0 Å². The van der Waals surface area contributed by atoms with Crippen molar-refractivity contribution in [2.45, 2.75) is 58.5 Å². The van der Waals surface area contributed by atoms with Crippen molar-refractivity contribution in [3.8, 4) is 0 Å². The number of anilines is 2. The molecule has 168 valence electrons. The summed E-state index contributed by atoms with van der Waals surface area (Å²) in [7, 11) is 0. The van der Waals surface area contributed by atoms with Crippen molar-refractivity contribution in [2.24, 2.45) is 5.73 Å². The van der Waals surface area contributed by atoms with Gasteiger partial charge in [-0.3, -0.25) is 19.3 Å². The van der Waals surface area contributed by atoms with E-state index in [1.165, 1.54) is 29.2 Å². The summed E-state index contributed by atoms with van der Waals surface area (Å²) in [4.78, 5) is 39.5. The van der Waals surface area contributed by atoms with E-state index in [-0.39, 0.29) is 22.2 Å². The standard InChI is InChI=1S/C21H28FN5O3S/c1-5-6-7-14(19(29)25-21(2,3)4)27(13-10-8-12(22)9-11-13)20(30)17-15(23)16(18(24)28)26-31-17/h8-11,14H,5-7,23H2,1-4H3,(H2,24,28)(H,25,29). The Hall–Kier alpha value is -3.01. The molecule has 1 heterocycles. The van der Waals surface area contributed by atoms with E-state index in [2.05, 4.69) is 9.69 Å². The fraction of sp³-hybridized carbons (Fsp3) is 0.429. The SMILES string of the molecule is CCCCC(C(=O)NC(C)(C)C)N(C(=O)c1snc(C(N)=O)c1N)c1ccc(F)cc1. The van der Waals surface area contributed by atoms with Gasteiger partial charge < -0.3 is 16.8 Å². The molecule has 5 N–H and O–H groups in total. The van der Waals surface area contributed by atoms with Gasteiger partial charge in [-0.05, 0) is 63.0 Å². The largest absolute Gasteiger partial charge is 0.395 e. The number of carbonyl (C=O) groups is 3. The minimum atomic E-state index is -0.879. The first-order valence-corrected chi connectivity index (χ1v) is 10.7. The van der Waals surface area contributed by atoms with Crippen LogP contribution in [-0.2, 0) is 4.79 Å². The molecule has 1 aromatic carbocycles. The number of nitrogens with zero attached hydrogens (tertiary/aromatic N) is 2. The van der Waals surface area contributed by atoms with Gasteiger partial charge in [0.05, 0.1) is 5.69 Å². The molecule has 0 spiro atoms. The van der Waals surface area contributed by atoms with Crippen molar-refractivity contribution in [2.75, 3.05) is 10.6 Å². The van der Waals surface area contributed by atoms with Crippen molar-refractivity contribution < 1.29 is 18.8 Å². The maximum atomic E-state index is 13.6. The van der Waals surface area contributed by atoms with Gasteiger partial charge >= 0.3 is 0 Å². The third kappa shape index (κ3) is 6.00. The van der Waals surface area contributed by atoms with Gasteiger partial charge in [-0.1, -0.05) is 19.8 Å². The van der Waals surface area contributed by atoms with Gasteiger partial charge in [0, 0.05) is 11.2 Å². The predicted molar refractivity (Wildman–Crippen MR) is 119 cm³/mol. The molecule has 2 aromatic rings. The second kappa shape index (κ2) is 9.86. The molecule has 10 heteroatoms. The number of amides is 3. The van der Waals surface area contributed by atoms with Crippen LogP contribution in [0.4, 0.5) is 15.8 Å². The third-order valence-corrected chi connectivity index (χ3v) is 5.27. The fourth-order valence-corrected chi connectivity index (χ4v) is 3.75. The van der Waals surface area contributed by atoms with E-state index in [1.54, 1.807) is 0 Å². The Morgan fingerprint density at radius 1 is 1.23 bits per heavy atom. The van der Waals surface area contributed by atoms with E-state index in [9.17, 15) is 18.8 Å². The summed E-state index contributed by atoms with van der Waals surface area (Å²) in [5.74, 6) is -2.29. The van der Waals surface area contributed by atoms with Gasteiger partial charge in [-0.15, -0.1) is 0 Å². The Labute approximate surface area is 185 Å². The number of rotatable bonds is 8. The van der Waals surface area contributed by atoms with E-state index in [4.69, 9.17) is 11.5 Å². The van der Waals surface area contributed by atoms with Gasteiger partial charge in [0.25, 0.3) is 11.8 Å². The van der Waals surface area contributed by atoms with Crippen molar-refractivity contribution >= 4 is 40.6 Å². The van der Waals surface area contributed by atoms with Gasteiger partial charge in [-0.25, -0.2) is 4.39 Å². The number of nitrogens with one attached hydrogen (secondary N) is 1. The first-order chi connectivity index (χ1) is 14.5. The highest BCUT2D eigenvalue weighted by Gasteiger charge is 2.35. The summed E-state index contributed by atoms with van der Waals surface area (Å²) in [6.07, 6.45) is 1.86. The van der Waals surface area contributed by atoms with Crippen LogP contribution >= 0.6 is 11.5 Å². The summed E-state index contributed by atoms with van der Waals surface area (Å²) in [5, 5.41) is 2.91. The third-order valence-electron chi connectivity index (χ3n) is 4.42. The molecule has 0 aliphatic carbocycles. The molecular weight excluding hydrogens is 421 g/mol. The average Bonchev–Trinajstić information content (AvgIpc) is 3.06. The van der Waals surface area contributed by atoms with Crippen molar-refractivity contribution in [3.05, 3.63) is 40.7 Å². The molecule has 0 radical (unpaired) electrons. The van der Waals surface area contributed by atoms with Gasteiger partial charge in [0.2, 0.25) is 5.91 Å². The lowest BCUT2D eigenvalue weighted by molar-refractivity contribution is -0.123.